The fourth-order valence-corrected chi connectivity index (χ4v) is 2.34. The molecule has 1 aromatic rings. The molecule has 1 saturated heterocycles. The molecule has 0 saturated carbocycles. The van der Waals surface area contributed by atoms with Crippen LogP contribution >= 0.6 is 0 Å². The summed E-state index contributed by atoms with van der Waals surface area (Å²) in [5.41, 5.74) is 0.602. The Morgan fingerprint density at radius 3 is 2.86 bits per heavy atom. The monoisotopic (exact) mass is 307 g/mol. The lowest BCUT2D eigenvalue weighted by Gasteiger charge is -2.20. The van der Waals surface area contributed by atoms with Crippen molar-refractivity contribution >= 4 is 5.91 Å². The van der Waals surface area contributed by atoms with Gasteiger partial charge in [0.2, 0.25) is 0 Å². The first-order valence-corrected chi connectivity index (χ1v) is 7.79. The molecule has 1 aliphatic heterocycles. The van der Waals surface area contributed by atoms with E-state index in [2.05, 4.69) is 29.0 Å². The molecule has 2 heterocycles. The second-order valence-electron chi connectivity index (χ2n) is 6.08. The number of nitrogens with zero attached hydrogens (tertiary/aromatic N) is 1. The number of amides is 1. The molecule has 0 radical (unpaired) electrons. The minimum Gasteiger partial charge on any atom is -0.376 e. The van der Waals surface area contributed by atoms with E-state index in [1.807, 2.05) is 7.05 Å². The predicted octanol–water partition coefficient (Wildman–Crippen LogP) is 1.12. The number of nitrogens with one attached hydrogen (secondary N) is 2. The van der Waals surface area contributed by atoms with Crippen LogP contribution in [0, 0.1) is 0 Å². The molecule has 0 bridgehead atoms. The molecule has 122 valence electrons. The van der Waals surface area contributed by atoms with E-state index < -0.39 is 0 Å². The zero-order valence-electron chi connectivity index (χ0n) is 13.5. The van der Waals surface area contributed by atoms with Crippen LogP contribution in [0.5, 0.6) is 0 Å². The van der Waals surface area contributed by atoms with Crippen LogP contribution in [0.2, 0.25) is 0 Å². The van der Waals surface area contributed by atoms with E-state index in [1.165, 1.54) is 0 Å². The second-order valence-corrected chi connectivity index (χ2v) is 6.08. The van der Waals surface area contributed by atoms with Gasteiger partial charge in [-0.15, -0.1) is 0 Å². The first-order chi connectivity index (χ1) is 10.5. The smallest absolute Gasteiger partial charge is 0.261 e. The number of aromatic amines is 1. The van der Waals surface area contributed by atoms with E-state index >= 15 is 0 Å². The Morgan fingerprint density at radius 1 is 1.50 bits per heavy atom. The Morgan fingerprint density at radius 2 is 2.27 bits per heavy atom. The number of H-pyrrole nitrogens is 1. The summed E-state index contributed by atoms with van der Waals surface area (Å²) in [5.74, 6) is -0.347. The molecule has 1 fully saturated rings. The Kier molecular flexibility index (Phi) is 5.74. The molecule has 1 aromatic heterocycles. The lowest BCUT2D eigenvalue weighted by molar-refractivity contribution is 0.0856. The van der Waals surface area contributed by atoms with Gasteiger partial charge in [-0.05, 0) is 45.9 Å². The number of rotatable bonds is 6. The van der Waals surface area contributed by atoms with E-state index in [0.29, 0.717) is 19.1 Å². The summed E-state index contributed by atoms with van der Waals surface area (Å²) in [7, 11) is 1.99. The highest BCUT2D eigenvalue weighted by atomic mass is 16.5. The van der Waals surface area contributed by atoms with Gasteiger partial charge in [-0.25, -0.2) is 0 Å². The minimum absolute atomic E-state index is 0.0713. The van der Waals surface area contributed by atoms with Crippen LogP contribution in [-0.4, -0.2) is 48.1 Å². The zero-order valence-corrected chi connectivity index (χ0v) is 13.5. The van der Waals surface area contributed by atoms with Crippen molar-refractivity contribution in [1.29, 1.82) is 0 Å². The lowest BCUT2D eigenvalue weighted by Crippen LogP contribution is -2.35. The SMILES string of the molecule is CC(C)N(C)Cc1ccc(C(=O)NCC2CCCO2)c(=O)[nH]1. The van der Waals surface area contributed by atoms with E-state index in [9.17, 15) is 9.59 Å². The van der Waals surface area contributed by atoms with Crippen LogP contribution in [0.25, 0.3) is 0 Å². The highest BCUT2D eigenvalue weighted by Gasteiger charge is 2.18. The maximum atomic E-state index is 12.1. The summed E-state index contributed by atoms with van der Waals surface area (Å²) in [6, 6.07) is 3.77. The van der Waals surface area contributed by atoms with Crippen LogP contribution < -0.4 is 10.9 Å². The molecule has 1 aliphatic rings. The van der Waals surface area contributed by atoms with Gasteiger partial charge in [0, 0.05) is 31.4 Å². The summed E-state index contributed by atoms with van der Waals surface area (Å²) in [4.78, 5) is 29.0. The molecular weight excluding hydrogens is 282 g/mol. The third-order valence-corrected chi connectivity index (χ3v) is 4.03. The summed E-state index contributed by atoms with van der Waals surface area (Å²) in [6.07, 6.45) is 2.05. The van der Waals surface area contributed by atoms with Gasteiger partial charge in [-0.3, -0.25) is 14.5 Å². The van der Waals surface area contributed by atoms with Crippen molar-refractivity contribution in [3.63, 3.8) is 0 Å². The average Bonchev–Trinajstić information content (AvgIpc) is 2.98. The van der Waals surface area contributed by atoms with E-state index in [1.54, 1.807) is 12.1 Å². The molecule has 2 N–H and O–H groups in total. The van der Waals surface area contributed by atoms with Gasteiger partial charge in [0.05, 0.1) is 6.10 Å². The predicted molar refractivity (Wildman–Crippen MR) is 85.0 cm³/mol. The number of hydrogen-bond donors (Lipinski definition) is 2. The number of aromatic nitrogens is 1. The van der Waals surface area contributed by atoms with Crippen LogP contribution in [0.15, 0.2) is 16.9 Å². The van der Waals surface area contributed by atoms with Crippen molar-refractivity contribution in [3.05, 3.63) is 33.7 Å². The highest BCUT2D eigenvalue weighted by molar-refractivity contribution is 5.93. The van der Waals surface area contributed by atoms with Gasteiger partial charge in [0.15, 0.2) is 0 Å². The second kappa shape index (κ2) is 7.56. The van der Waals surface area contributed by atoms with Gasteiger partial charge < -0.3 is 15.0 Å². The first kappa shape index (κ1) is 16.7. The quantitative estimate of drug-likeness (QED) is 0.826. The number of hydrogen-bond acceptors (Lipinski definition) is 4. The van der Waals surface area contributed by atoms with E-state index in [4.69, 9.17) is 4.74 Å². The molecule has 1 amide bonds. The van der Waals surface area contributed by atoms with Crippen LogP contribution in [0.4, 0.5) is 0 Å². The van der Waals surface area contributed by atoms with Gasteiger partial charge >= 0.3 is 0 Å². The molecule has 0 spiro atoms. The third-order valence-electron chi connectivity index (χ3n) is 4.03. The molecule has 6 heteroatoms. The molecule has 0 aromatic carbocycles. The number of pyridine rings is 1. The minimum atomic E-state index is -0.348. The van der Waals surface area contributed by atoms with Crippen molar-refractivity contribution in [2.45, 2.75) is 45.4 Å². The maximum absolute atomic E-state index is 12.1. The Bertz CT molecular complexity index is 562. The molecule has 2 rings (SSSR count). The molecule has 1 atom stereocenters. The van der Waals surface area contributed by atoms with E-state index in [-0.39, 0.29) is 23.1 Å². The summed E-state index contributed by atoms with van der Waals surface area (Å²) >= 11 is 0. The number of ether oxygens (including phenoxy) is 1. The van der Waals surface area contributed by atoms with Crippen molar-refractivity contribution in [2.75, 3.05) is 20.2 Å². The highest BCUT2D eigenvalue weighted by Crippen LogP contribution is 2.10. The normalized spacial score (nSPS) is 18.1. The van der Waals surface area contributed by atoms with Crippen LogP contribution in [0.1, 0.15) is 42.7 Å². The van der Waals surface area contributed by atoms with Crippen molar-refractivity contribution < 1.29 is 9.53 Å². The number of carbonyl (C=O) groups excluding carboxylic acids is 1. The van der Waals surface area contributed by atoms with Gasteiger partial charge in [0.1, 0.15) is 5.56 Å². The van der Waals surface area contributed by atoms with Gasteiger partial charge in [-0.2, -0.15) is 0 Å². The summed E-state index contributed by atoms with van der Waals surface area (Å²) in [6.45, 7) is 6.02. The average molecular weight is 307 g/mol. The number of carbonyl (C=O) groups is 1. The van der Waals surface area contributed by atoms with Crippen molar-refractivity contribution in [1.82, 2.24) is 15.2 Å². The Balaban J connectivity index is 1.96. The van der Waals surface area contributed by atoms with Crippen molar-refractivity contribution in [3.8, 4) is 0 Å². The Labute approximate surface area is 130 Å². The van der Waals surface area contributed by atoms with Crippen molar-refractivity contribution in [2.24, 2.45) is 0 Å². The third kappa shape index (κ3) is 4.42. The standard InChI is InChI=1S/C16H25N3O3/c1-11(2)19(3)10-12-6-7-14(16(21)18-12)15(20)17-9-13-5-4-8-22-13/h6-7,11,13H,4-5,8-10H2,1-3H3,(H,17,20)(H,18,21). The van der Waals surface area contributed by atoms with Gasteiger partial charge in [0.25, 0.3) is 11.5 Å². The zero-order chi connectivity index (χ0) is 16.1. The summed E-state index contributed by atoms with van der Waals surface area (Å²) < 4.78 is 5.45. The van der Waals surface area contributed by atoms with Crippen LogP contribution in [-0.2, 0) is 11.3 Å². The van der Waals surface area contributed by atoms with Gasteiger partial charge in [-0.1, -0.05) is 0 Å². The summed E-state index contributed by atoms with van der Waals surface area (Å²) in [5, 5.41) is 2.77. The maximum Gasteiger partial charge on any atom is 0.261 e. The molecule has 6 nitrogen and oxygen atoms in total. The molecule has 0 aliphatic carbocycles. The topological polar surface area (TPSA) is 74.4 Å². The first-order valence-electron chi connectivity index (χ1n) is 7.79. The largest absolute Gasteiger partial charge is 0.376 e. The molecular formula is C16H25N3O3. The molecule has 22 heavy (non-hydrogen) atoms. The molecule has 1 unspecified atom stereocenters. The lowest BCUT2D eigenvalue weighted by atomic mass is 10.2. The fraction of sp³-hybridized carbons (Fsp3) is 0.625. The van der Waals surface area contributed by atoms with Crippen LogP contribution in [0.3, 0.4) is 0 Å². The van der Waals surface area contributed by atoms with E-state index in [0.717, 1.165) is 25.1 Å². The fourth-order valence-electron chi connectivity index (χ4n) is 2.34. The Hall–Kier alpha value is -1.66.